The fourth-order valence-corrected chi connectivity index (χ4v) is 7.84. The summed E-state index contributed by atoms with van der Waals surface area (Å²) in [5.41, 5.74) is 1.96. The van der Waals surface area contributed by atoms with E-state index in [0.717, 1.165) is 10.4 Å². The monoisotopic (exact) mass is 438 g/mol. The molecule has 4 aromatic rings. The van der Waals surface area contributed by atoms with E-state index in [4.69, 9.17) is 9.05 Å². The van der Waals surface area contributed by atoms with Crippen LogP contribution in [-0.2, 0) is 20.0 Å². The van der Waals surface area contributed by atoms with Crippen molar-refractivity contribution in [2.75, 3.05) is 13.2 Å². The van der Waals surface area contributed by atoms with Crippen LogP contribution in [0, 0.1) is 6.92 Å². The number of hydrogen-bond donors (Lipinski definition) is 0. The molecule has 0 aliphatic rings. The minimum absolute atomic E-state index is 0.337. The van der Waals surface area contributed by atoms with Crippen molar-refractivity contribution in [1.82, 2.24) is 0 Å². The van der Waals surface area contributed by atoms with Gasteiger partial charge in [-0.15, -0.1) is 11.3 Å². The first-order chi connectivity index (χ1) is 14.6. The van der Waals surface area contributed by atoms with Gasteiger partial charge in [0.1, 0.15) is 0 Å². The molecule has 0 bridgehead atoms. The van der Waals surface area contributed by atoms with Crippen molar-refractivity contribution in [3.8, 4) is 0 Å². The summed E-state index contributed by atoms with van der Waals surface area (Å²) < 4.78 is 26.8. The van der Waals surface area contributed by atoms with Gasteiger partial charge >= 0.3 is 7.60 Å². The van der Waals surface area contributed by atoms with Crippen LogP contribution in [0.1, 0.15) is 35.5 Å². The van der Waals surface area contributed by atoms with Gasteiger partial charge in [0.15, 0.2) is 0 Å². The first-order valence-corrected chi connectivity index (χ1v) is 12.8. The SMILES string of the molecule is CCOP(=O)(OCC)C(Cc1ccc2ccccc2c1)c1sc2ccccc2c1C. The average Bonchev–Trinajstić information content (AvgIpc) is 3.08. The summed E-state index contributed by atoms with van der Waals surface area (Å²) in [4.78, 5) is 1.09. The largest absolute Gasteiger partial charge is 0.339 e. The number of benzene rings is 3. The molecule has 1 unspecified atom stereocenters. The Morgan fingerprint density at radius 1 is 0.900 bits per heavy atom. The summed E-state index contributed by atoms with van der Waals surface area (Å²) in [5, 5.41) is 3.60. The van der Waals surface area contributed by atoms with E-state index in [1.165, 1.54) is 26.4 Å². The Balaban J connectivity index is 1.83. The Labute approximate surface area is 182 Å². The van der Waals surface area contributed by atoms with Crippen LogP contribution < -0.4 is 0 Å². The molecule has 1 atom stereocenters. The number of rotatable bonds is 8. The molecule has 3 nitrogen and oxygen atoms in total. The van der Waals surface area contributed by atoms with Crippen LogP contribution in [0.4, 0.5) is 0 Å². The third-order valence-electron chi connectivity index (χ3n) is 5.43. The molecule has 0 saturated carbocycles. The van der Waals surface area contributed by atoms with E-state index in [-0.39, 0.29) is 5.66 Å². The van der Waals surface area contributed by atoms with Crippen LogP contribution >= 0.6 is 18.9 Å². The molecule has 1 aromatic heterocycles. The lowest BCUT2D eigenvalue weighted by atomic mass is 10.0. The van der Waals surface area contributed by atoms with Crippen molar-refractivity contribution in [3.63, 3.8) is 0 Å². The maximum absolute atomic E-state index is 14.0. The van der Waals surface area contributed by atoms with Gasteiger partial charge < -0.3 is 9.05 Å². The molecule has 0 amide bonds. The lowest BCUT2D eigenvalue weighted by Crippen LogP contribution is -2.09. The Morgan fingerprint density at radius 2 is 1.57 bits per heavy atom. The Kier molecular flexibility index (Phi) is 6.40. The number of fused-ring (bicyclic) bond motifs is 2. The minimum atomic E-state index is -3.35. The van der Waals surface area contributed by atoms with Crippen LogP contribution in [0.25, 0.3) is 20.9 Å². The van der Waals surface area contributed by atoms with Gasteiger partial charge in [-0.2, -0.15) is 0 Å². The Hall–Kier alpha value is -1.97. The van der Waals surface area contributed by atoms with Gasteiger partial charge in [-0.1, -0.05) is 60.7 Å². The predicted molar refractivity (Wildman–Crippen MR) is 128 cm³/mol. The molecule has 0 spiro atoms. The smallest absolute Gasteiger partial charge is 0.308 e. The second-order valence-corrected chi connectivity index (χ2v) is 10.7. The van der Waals surface area contributed by atoms with Crippen molar-refractivity contribution in [2.45, 2.75) is 32.9 Å². The van der Waals surface area contributed by atoms with Crippen LogP contribution in [0.15, 0.2) is 66.7 Å². The number of thiophene rings is 1. The van der Waals surface area contributed by atoms with Crippen molar-refractivity contribution in [3.05, 3.63) is 82.7 Å². The fourth-order valence-electron chi connectivity index (χ4n) is 4.03. The number of hydrogen-bond acceptors (Lipinski definition) is 4. The molecule has 5 heteroatoms. The van der Waals surface area contributed by atoms with Crippen molar-refractivity contribution in [1.29, 1.82) is 0 Å². The van der Waals surface area contributed by atoms with Gasteiger partial charge in [0.25, 0.3) is 0 Å². The van der Waals surface area contributed by atoms with E-state index < -0.39 is 7.60 Å². The normalized spacial score (nSPS) is 13.2. The molecule has 156 valence electrons. The first kappa shape index (κ1) is 21.3. The Bertz CT molecular complexity index is 1200. The summed E-state index contributed by atoms with van der Waals surface area (Å²) in [6, 6.07) is 23.1. The van der Waals surface area contributed by atoms with Crippen molar-refractivity contribution in [2.24, 2.45) is 0 Å². The Morgan fingerprint density at radius 3 is 2.27 bits per heavy atom. The van der Waals surface area contributed by atoms with Crippen LogP contribution in [-0.4, -0.2) is 13.2 Å². The van der Waals surface area contributed by atoms with Gasteiger partial charge in [0.05, 0.1) is 18.9 Å². The van der Waals surface area contributed by atoms with Gasteiger partial charge in [0.2, 0.25) is 0 Å². The highest BCUT2D eigenvalue weighted by Gasteiger charge is 2.39. The zero-order valence-corrected chi connectivity index (χ0v) is 19.3. The molecular weight excluding hydrogens is 411 g/mol. The first-order valence-electron chi connectivity index (χ1n) is 10.4. The second-order valence-electron chi connectivity index (χ2n) is 7.36. The zero-order valence-electron chi connectivity index (χ0n) is 17.6. The molecule has 0 radical (unpaired) electrons. The van der Waals surface area contributed by atoms with Gasteiger partial charge in [-0.25, -0.2) is 0 Å². The zero-order chi connectivity index (χ0) is 21.1. The van der Waals surface area contributed by atoms with Crippen LogP contribution in [0.3, 0.4) is 0 Å². The summed E-state index contributed by atoms with van der Waals surface area (Å²) in [7, 11) is -3.35. The molecular formula is C25H27O3PS. The molecule has 0 aliphatic carbocycles. The molecule has 3 aromatic carbocycles. The van der Waals surface area contributed by atoms with Crippen molar-refractivity contribution >= 4 is 39.8 Å². The summed E-state index contributed by atoms with van der Waals surface area (Å²) >= 11 is 1.70. The molecule has 1 heterocycles. The molecule has 0 aliphatic heterocycles. The van der Waals surface area contributed by atoms with Gasteiger partial charge in [0, 0.05) is 9.58 Å². The maximum Gasteiger partial charge on any atom is 0.339 e. The van der Waals surface area contributed by atoms with E-state index in [1.54, 1.807) is 11.3 Å². The molecule has 0 N–H and O–H groups in total. The van der Waals surface area contributed by atoms with E-state index in [2.05, 4.69) is 55.5 Å². The summed E-state index contributed by atoms with van der Waals surface area (Å²) in [5.74, 6) is 0. The fraction of sp³-hybridized carbons (Fsp3) is 0.280. The van der Waals surface area contributed by atoms with E-state index >= 15 is 0 Å². The molecule has 0 fully saturated rings. The van der Waals surface area contributed by atoms with Gasteiger partial charge in [-0.05, 0) is 60.5 Å². The topological polar surface area (TPSA) is 35.5 Å². The maximum atomic E-state index is 14.0. The molecule has 4 rings (SSSR count). The molecule has 30 heavy (non-hydrogen) atoms. The van der Waals surface area contributed by atoms with Crippen LogP contribution in [0.5, 0.6) is 0 Å². The highest BCUT2D eigenvalue weighted by atomic mass is 32.1. The number of aryl methyl sites for hydroxylation is 1. The van der Waals surface area contributed by atoms with E-state index in [1.807, 2.05) is 32.0 Å². The van der Waals surface area contributed by atoms with E-state index in [9.17, 15) is 4.57 Å². The van der Waals surface area contributed by atoms with Gasteiger partial charge in [-0.3, -0.25) is 4.57 Å². The second kappa shape index (κ2) is 9.03. The summed E-state index contributed by atoms with van der Waals surface area (Å²) in [6.45, 7) is 6.57. The predicted octanol–water partition coefficient (Wildman–Crippen LogP) is 7.91. The highest BCUT2D eigenvalue weighted by Crippen LogP contribution is 2.64. The van der Waals surface area contributed by atoms with Crippen molar-refractivity contribution < 1.29 is 13.6 Å². The lowest BCUT2D eigenvalue weighted by Gasteiger charge is -2.26. The van der Waals surface area contributed by atoms with E-state index in [0.29, 0.717) is 19.6 Å². The highest BCUT2D eigenvalue weighted by molar-refractivity contribution is 7.54. The molecule has 0 saturated heterocycles. The summed E-state index contributed by atoms with van der Waals surface area (Å²) in [6.07, 6.45) is 0.607. The quantitative estimate of drug-likeness (QED) is 0.262. The third-order valence-corrected chi connectivity index (χ3v) is 9.43. The lowest BCUT2D eigenvalue weighted by molar-refractivity contribution is 0.212. The van der Waals surface area contributed by atoms with Crippen LogP contribution in [0.2, 0.25) is 0 Å². The average molecular weight is 439 g/mol. The standard InChI is InChI=1S/C25H27O3PS/c1-4-27-29(26,28-5-2)23(25-18(3)22-12-8-9-13-24(22)30-25)17-19-14-15-20-10-6-7-11-21(20)16-19/h6-16,23H,4-5,17H2,1-3H3. The third kappa shape index (κ3) is 4.10. The minimum Gasteiger partial charge on any atom is -0.308 e.